The Morgan fingerprint density at radius 3 is 2.86 bits per heavy atom. The van der Waals surface area contributed by atoms with E-state index in [1.54, 1.807) is 11.3 Å². The Labute approximate surface area is 132 Å². The quantitative estimate of drug-likeness (QED) is 0.907. The number of morpholine rings is 1. The lowest BCUT2D eigenvalue weighted by molar-refractivity contribution is -0.0115. The van der Waals surface area contributed by atoms with E-state index in [9.17, 15) is 0 Å². The zero-order chi connectivity index (χ0) is 15.5. The highest BCUT2D eigenvalue weighted by molar-refractivity contribution is 7.09. The summed E-state index contributed by atoms with van der Waals surface area (Å²) in [6.07, 6.45) is 0. The van der Waals surface area contributed by atoms with Crippen LogP contribution < -0.4 is 5.32 Å². The van der Waals surface area contributed by atoms with Crippen molar-refractivity contribution in [1.82, 2.24) is 15.2 Å². The smallest absolute Gasteiger partial charge is 0.107 e. The third-order valence-electron chi connectivity index (χ3n) is 3.77. The van der Waals surface area contributed by atoms with E-state index in [4.69, 9.17) is 9.72 Å². The number of thiazole rings is 1. The average Bonchev–Trinajstić information content (AvgIpc) is 2.86. The number of rotatable bonds is 5. The van der Waals surface area contributed by atoms with Crippen LogP contribution in [0.1, 0.15) is 45.3 Å². The molecule has 0 spiro atoms. The molecule has 0 bridgehead atoms. The van der Waals surface area contributed by atoms with Gasteiger partial charge in [0.05, 0.1) is 25.5 Å². The maximum atomic E-state index is 5.64. The van der Waals surface area contributed by atoms with Crippen LogP contribution >= 0.6 is 11.3 Å². The van der Waals surface area contributed by atoms with Crippen molar-refractivity contribution in [2.45, 2.75) is 58.7 Å². The zero-order valence-corrected chi connectivity index (χ0v) is 14.8. The Balaban J connectivity index is 1.97. The van der Waals surface area contributed by atoms with Crippen LogP contribution in [0, 0.1) is 0 Å². The molecular weight excluding hydrogens is 282 g/mol. The standard InChI is InChI=1S/C16H29N3OS/c1-12(2)17-8-13-10-20-7-6-19(13)9-15-18-14(11-21-15)16(3,4)5/h11-13,17H,6-10H2,1-5H3. The predicted octanol–water partition coefficient (Wildman–Crippen LogP) is 2.64. The van der Waals surface area contributed by atoms with Gasteiger partial charge in [0.2, 0.25) is 0 Å². The van der Waals surface area contributed by atoms with Gasteiger partial charge in [-0.1, -0.05) is 34.6 Å². The first-order valence-corrected chi connectivity index (χ1v) is 8.74. The van der Waals surface area contributed by atoms with Gasteiger partial charge < -0.3 is 10.1 Å². The summed E-state index contributed by atoms with van der Waals surface area (Å²) >= 11 is 1.78. The van der Waals surface area contributed by atoms with Crippen molar-refractivity contribution < 1.29 is 4.74 Å². The van der Waals surface area contributed by atoms with E-state index in [0.717, 1.165) is 32.8 Å². The molecule has 21 heavy (non-hydrogen) atoms. The van der Waals surface area contributed by atoms with E-state index in [1.807, 2.05) is 0 Å². The molecule has 1 saturated heterocycles. The van der Waals surface area contributed by atoms with Crippen LogP contribution in [0.2, 0.25) is 0 Å². The number of aromatic nitrogens is 1. The second-order valence-electron chi connectivity index (χ2n) is 7.14. The molecule has 1 aliphatic rings. The normalized spacial score (nSPS) is 21.1. The van der Waals surface area contributed by atoms with Crippen LogP contribution in [0.5, 0.6) is 0 Å². The summed E-state index contributed by atoms with van der Waals surface area (Å²) in [7, 11) is 0. The first-order valence-electron chi connectivity index (χ1n) is 7.86. The summed E-state index contributed by atoms with van der Waals surface area (Å²) in [5.74, 6) is 0. The average molecular weight is 311 g/mol. The van der Waals surface area contributed by atoms with Crippen LogP contribution in [0.4, 0.5) is 0 Å². The van der Waals surface area contributed by atoms with Gasteiger partial charge in [0.25, 0.3) is 0 Å². The Morgan fingerprint density at radius 1 is 1.48 bits per heavy atom. The highest BCUT2D eigenvalue weighted by Crippen LogP contribution is 2.25. The predicted molar refractivity (Wildman–Crippen MR) is 89.0 cm³/mol. The fourth-order valence-electron chi connectivity index (χ4n) is 2.36. The van der Waals surface area contributed by atoms with Crippen molar-refractivity contribution in [1.29, 1.82) is 0 Å². The van der Waals surface area contributed by atoms with E-state index in [2.05, 4.69) is 50.2 Å². The molecule has 1 atom stereocenters. The minimum absolute atomic E-state index is 0.137. The minimum Gasteiger partial charge on any atom is -0.378 e. The number of hydrogen-bond acceptors (Lipinski definition) is 5. The maximum Gasteiger partial charge on any atom is 0.107 e. The van der Waals surface area contributed by atoms with Crippen molar-refractivity contribution in [2.75, 3.05) is 26.3 Å². The van der Waals surface area contributed by atoms with Crippen molar-refractivity contribution in [2.24, 2.45) is 0 Å². The van der Waals surface area contributed by atoms with Gasteiger partial charge >= 0.3 is 0 Å². The van der Waals surface area contributed by atoms with E-state index in [0.29, 0.717) is 12.1 Å². The number of hydrogen-bond donors (Lipinski definition) is 1. The van der Waals surface area contributed by atoms with Gasteiger partial charge in [0.15, 0.2) is 0 Å². The van der Waals surface area contributed by atoms with Crippen molar-refractivity contribution in [3.8, 4) is 0 Å². The lowest BCUT2D eigenvalue weighted by Gasteiger charge is -2.35. The molecule has 2 rings (SSSR count). The molecule has 2 heterocycles. The first-order chi connectivity index (χ1) is 9.86. The van der Waals surface area contributed by atoms with Crippen LogP contribution in [0.15, 0.2) is 5.38 Å². The van der Waals surface area contributed by atoms with Gasteiger partial charge in [0.1, 0.15) is 5.01 Å². The molecule has 1 fully saturated rings. The molecule has 4 nitrogen and oxygen atoms in total. The third-order valence-corrected chi connectivity index (χ3v) is 4.60. The molecule has 0 radical (unpaired) electrons. The second kappa shape index (κ2) is 7.18. The van der Waals surface area contributed by atoms with Crippen molar-refractivity contribution >= 4 is 11.3 Å². The molecule has 0 aromatic carbocycles. The minimum atomic E-state index is 0.137. The molecule has 1 unspecified atom stereocenters. The van der Waals surface area contributed by atoms with Gasteiger partial charge in [0, 0.05) is 36.0 Å². The van der Waals surface area contributed by atoms with Gasteiger partial charge in [-0.15, -0.1) is 11.3 Å². The summed E-state index contributed by atoms with van der Waals surface area (Å²) < 4.78 is 5.64. The molecule has 0 amide bonds. The molecule has 0 aliphatic carbocycles. The summed E-state index contributed by atoms with van der Waals surface area (Å²) in [5.41, 5.74) is 1.34. The molecule has 1 aliphatic heterocycles. The Bertz CT molecular complexity index is 439. The molecule has 1 aromatic rings. The number of nitrogens with zero attached hydrogens (tertiary/aromatic N) is 2. The second-order valence-corrected chi connectivity index (χ2v) is 8.08. The molecule has 120 valence electrons. The SMILES string of the molecule is CC(C)NCC1COCCN1Cc1nc(C(C)(C)C)cs1. The Kier molecular flexibility index (Phi) is 5.77. The van der Waals surface area contributed by atoms with Gasteiger partial charge in [-0.3, -0.25) is 4.90 Å². The van der Waals surface area contributed by atoms with Crippen molar-refractivity contribution in [3.63, 3.8) is 0 Å². The van der Waals surface area contributed by atoms with Crippen molar-refractivity contribution in [3.05, 3.63) is 16.1 Å². The molecular formula is C16H29N3OS. The summed E-state index contributed by atoms with van der Waals surface area (Å²) in [4.78, 5) is 7.33. The highest BCUT2D eigenvalue weighted by Gasteiger charge is 2.25. The van der Waals surface area contributed by atoms with E-state index in [1.165, 1.54) is 10.7 Å². The van der Waals surface area contributed by atoms with Gasteiger partial charge in [-0.2, -0.15) is 0 Å². The van der Waals surface area contributed by atoms with Gasteiger partial charge in [-0.05, 0) is 0 Å². The van der Waals surface area contributed by atoms with Crippen LogP contribution in [0.3, 0.4) is 0 Å². The summed E-state index contributed by atoms with van der Waals surface area (Å²) in [5, 5.41) is 6.95. The Hall–Kier alpha value is -0.490. The highest BCUT2D eigenvalue weighted by atomic mass is 32.1. The fraction of sp³-hybridized carbons (Fsp3) is 0.812. The molecule has 0 saturated carbocycles. The first kappa shape index (κ1) is 16.9. The largest absolute Gasteiger partial charge is 0.378 e. The van der Waals surface area contributed by atoms with E-state index < -0.39 is 0 Å². The van der Waals surface area contributed by atoms with Gasteiger partial charge in [-0.25, -0.2) is 4.98 Å². The van der Waals surface area contributed by atoms with E-state index >= 15 is 0 Å². The van der Waals surface area contributed by atoms with Crippen LogP contribution in [-0.2, 0) is 16.7 Å². The van der Waals surface area contributed by atoms with Crippen LogP contribution in [-0.4, -0.2) is 48.3 Å². The Morgan fingerprint density at radius 2 is 2.24 bits per heavy atom. The molecule has 1 aromatic heterocycles. The number of ether oxygens (including phenoxy) is 1. The maximum absolute atomic E-state index is 5.64. The number of nitrogens with one attached hydrogen (secondary N) is 1. The van der Waals surface area contributed by atoms with E-state index in [-0.39, 0.29) is 5.41 Å². The zero-order valence-electron chi connectivity index (χ0n) is 14.0. The summed E-state index contributed by atoms with van der Waals surface area (Å²) in [6.45, 7) is 15.6. The van der Waals surface area contributed by atoms with Crippen LogP contribution in [0.25, 0.3) is 0 Å². The summed E-state index contributed by atoms with van der Waals surface area (Å²) in [6, 6.07) is 0.962. The monoisotopic (exact) mass is 311 g/mol. The lowest BCUT2D eigenvalue weighted by atomic mass is 9.93. The lowest BCUT2D eigenvalue weighted by Crippen LogP contribution is -2.50. The topological polar surface area (TPSA) is 37.4 Å². The molecule has 5 heteroatoms. The third kappa shape index (κ3) is 5.02. The fourth-order valence-corrected chi connectivity index (χ4v) is 3.40. The molecule has 1 N–H and O–H groups in total.